The number of aromatic hydroxyl groups is 1. The minimum absolute atomic E-state index is 0.0496. The fourth-order valence-corrected chi connectivity index (χ4v) is 3.22. The molecule has 0 bridgehead atoms. The van der Waals surface area contributed by atoms with Gasteiger partial charge in [0.2, 0.25) is 6.23 Å². The second kappa shape index (κ2) is 8.11. The van der Waals surface area contributed by atoms with E-state index in [4.69, 9.17) is 10.00 Å². The molecule has 0 aromatic heterocycles. The molecule has 0 spiro atoms. The Morgan fingerprint density at radius 2 is 2.18 bits per heavy atom. The second-order valence-corrected chi connectivity index (χ2v) is 6.51. The zero-order chi connectivity index (χ0) is 20.3. The van der Waals surface area contributed by atoms with Crippen LogP contribution < -0.4 is 5.32 Å². The monoisotopic (exact) mass is 379 g/mol. The lowest BCUT2D eigenvalue weighted by molar-refractivity contribution is -0.143. The molecule has 2 amide bonds. The number of fused-ring (bicyclic) bond motifs is 1. The number of ether oxygens (including phenoxy) is 1. The zero-order valence-corrected chi connectivity index (χ0v) is 15.7. The number of phenolic OH excluding ortho intramolecular Hbond substituents is 1. The smallest absolute Gasteiger partial charge is 0.270 e. The van der Waals surface area contributed by atoms with E-state index in [1.165, 1.54) is 11.0 Å². The molecule has 0 fully saturated rings. The SMILES string of the molecule is CCOC(C(=O)NCc1ccc(C#N)cc1O)N1Cc2c(C)cccc2C1=O. The van der Waals surface area contributed by atoms with Gasteiger partial charge in [-0.3, -0.25) is 9.59 Å². The number of hydrogen-bond donors (Lipinski definition) is 2. The van der Waals surface area contributed by atoms with Crippen molar-refractivity contribution < 1.29 is 19.4 Å². The molecule has 0 radical (unpaired) electrons. The first-order chi connectivity index (χ1) is 13.5. The first kappa shape index (κ1) is 19.4. The van der Waals surface area contributed by atoms with Crippen molar-refractivity contribution in [1.29, 1.82) is 5.26 Å². The van der Waals surface area contributed by atoms with Gasteiger partial charge in [0.15, 0.2) is 0 Å². The molecule has 0 saturated heterocycles. The molecular weight excluding hydrogens is 358 g/mol. The summed E-state index contributed by atoms with van der Waals surface area (Å²) in [7, 11) is 0. The predicted octanol–water partition coefficient (Wildman–Crippen LogP) is 2.21. The number of amides is 2. The molecule has 1 atom stereocenters. The van der Waals surface area contributed by atoms with Crippen molar-refractivity contribution in [3.8, 4) is 11.8 Å². The van der Waals surface area contributed by atoms with Gasteiger partial charge in [0.05, 0.1) is 18.2 Å². The highest BCUT2D eigenvalue weighted by Crippen LogP contribution is 2.28. The van der Waals surface area contributed by atoms with Gasteiger partial charge >= 0.3 is 0 Å². The number of aryl methyl sites for hydroxylation is 1. The van der Waals surface area contributed by atoms with Gasteiger partial charge in [0, 0.05) is 24.3 Å². The lowest BCUT2D eigenvalue weighted by atomic mass is 10.1. The second-order valence-electron chi connectivity index (χ2n) is 6.51. The summed E-state index contributed by atoms with van der Waals surface area (Å²) in [5.41, 5.74) is 3.27. The first-order valence-corrected chi connectivity index (χ1v) is 8.97. The van der Waals surface area contributed by atoms with Gasteiger partial charge in [0.1, 0.15) is 5.75 Å². The van der Waals surface area contributed by atoms with Crippen LogP contribution in [0.4, 0.5) is 0 Å². The Morgan fingerprint density at radius 1 is 1.39 bits per heavy atom. The standard InChI is InChI=1S/C21H21N3O4/c1-3-28-21(24-12-17-13(2)5-4-6-16(17)20(24)27)19(26)23-11-15-8-7-14(10-22)9-18(15)25/h4-9,21,25H,3,11-12H2,1-2H3,(H,23,26). The van der Waals surface area contributed by atoms with E-state index in [-0.39, 0.29) is 24.8 Å². The Labute approximate surface area is 163 Å². The molecule has 2 aromatic rings. The van der Waals surface area contributed by atoms with Crippen LogP contribution >= 0.6 is 0 Å². The van der Waals surface area contributed by atoms with Crippen LogP contribution in [0.3, 0.4) is 0 Å². The number of benzene rings is 2. The maximum Gasteiger partial charge on any atom is 0.270 e. The van der Waals surface area contributed by atoms with Gasteiger partial charge < -0.3 is 20.1 Å². The lowest BCUT2D eigenvalue weighted by Crippen LogP contribution is -2.48. The van der Waals surface area contributed by atoms with Crippen molar-refractivity contribution in [3.63, 3.8) is 0 Å². The Morgan fingerprint density at radius 3 is 2.82 bits per heavy atom. The van der Waals surface area contributed by atoms with E-state index in [9.17, 15) is 14.7 Å². The van der Waals surface area contributed by atoms with Crippen LogP contribution in [0.25, 0.3) is 0 Å². The lowest BCUT2D eigenvalue weighted by Gasteiger charge is -2.26. The van der Waals surface area contributed by atoms with Gasteiger partial charge in [-0.15, -0.1) is 0 Å². The van der Waals surface area contributed by atoms with Gasteiger partial charge in [-0.05, 0) is 43.2 Å². The van der Waals surface area contributed by atoms with Crippen LogP contribution in [0, 0.1) is 18.3 Å². The van der Waals surface area contributed by atoms with Crippen LogP contribution in [0.1, 0.15) is 39.5 Å². The summed E-state index contributed by atoms with van der Waals surface area (Å²) in [5.74, 6) is -0.787. The number of rotatable bonds is 6. The van der Waals surface area contributed by atoms with E-state index in [1.54, 1.807) is 25.1 Å². The summed E-state index contributed by atoms with van der Waals surface area (Å²) in [6.45, 7) is 4.30. The van der Waals surface area contributed by atoms with E-state index in [0.717, 1.165) is 11.1 Å². The summed E-state index contributed by atoms with van der Waals surface area (Å²) in [6.07, 6.45) is -1.06. The zero-order valence-electron chi connectivity index (χ0n) is 15.7. The van der Waals surface area contributed by atoms with E-state index in [0.29, 0.717) is 23.2 Å². The molecule has 7 nitrogen and oxygen atoms in total. The molecule has 3 rings (SSSR count). The third kappa shape index (κ3) is 3.68. The molecule has 1 aliphatic heterocycles. The number of carbonyl (C=O) groups is 2. The molecule has 1 heterocycles. The molecule has 7 heteroatoms. The van der Waals surface area contributed by atoms with E-state index >= 15 is 0 Å². The molecule has 1 unspecified atom stereocenters. The van der Waals surface area contributed by atoms with Crippen molar-refractivity contribution >= 4 is 11.8 Å². The molecule has 28 heavy (non-hydrogen) atoms. The molecule has 0 saturated carbocycles. The Balaban J connectivity index is 1.74. The highest BCUT2D eigenvalue weighted by molar-refractivity contribution is 6.01. The molecule has 2 aromatic carbocycles. The topological polar surface area (TPSA) is 103 Å². The van der Waals surface area contributed by atoms with Gasteiger partial charge in [-0.1, -0.05) is 18.2 Å². The molecule has 2 N–H and O–H groups in total. The quantitative estimate of drug-likeness (QED) is 0.801. The maximum absolute atomic E-state index is 12.8. The Bertz CT molecular complexity index is 965. The average molecular weight is 379 g/mol. The van der Waals surface area contributed by atoms with Crippen molar-refractivity contribution in [3.05, 3.63) is 64.2 Å². The average Bonchev–Trinajstić information content (AvgIpc) is 3.02. The van der Waals surface area contributed by atoms with Crippen LogP contribution in [0.2, 0.25) is 0 Å². The maximum atomic E-state index is 12.8. The van der Waals surface area contributed by atoms with E-state index < -0.39 is 12.1 Å². The summed E-state index contributed by atoms with van der Waals surface area (Å²) in [4.78, 5) is 26.9. The molecule has 1 aliphatic rings. The fraction of sp³-hybridized carbons (Fsp3) is 0.286. The highest BCUT2D eigenvalue weighted by Gasteiger charge is 2.37. The number of nitrogens with zero attached hydrogens (tertiary/aromatic N) is 2. The summed E-state index contributed by atoms with van der Waals surface area (Å²) >= 11 is 0. The third-order valence-corrected chi connectivity index (χ3v) is 4.73. The van der Waals surface area contributed by atoms with Crippen molar-refractivity contribution in [2.45, 2.75) is 33.2 Å². The minimum atomic E-state index is -1.06. The van der Waals surface area contributed by atoms with Crippen LogP contribution in [0.5, 0.6) is 5.75 Å². The van der Waals surface area contributed by atoms with Crippen molar-refractivity contribution in [2.75, 3.05) is 6.61 Å². The molecular formula is C21H21N3O4. The number of nitrogens with one attached hydrogen (secondary N) is 1. The van der Waals surface area contributed by atoms with Crippen LogP contribution in [-0.4, -0.2) is 34.7 Å². The number of carbonyl (C=O) groups excluding carboxylic acids is 2. The summed E-state index contributed by atoms with van der Waals surface area (Å²) in [6, 6.07) is 11.9. The molecule has 144 valence electrons. The van der Waals surface area contributed by atoms with Gasteiger partial charge in [0.25, 0.3) is 11.8 Å². The summed E-state index contributed by atoms with van der Waals surface area (Å²) < 4.78 is 5.57. The van der Waals surface area contributed by atoms with Gasteiger partial charge in [-0.25, -0.2) is 0 Å². The van der Waals surface area contributed by atoms with Crippen LogP contribution in [0.15, 0.2) is 36.4 Å². The summed E-state index contributed by atoms with van der Waals surface area (Å²) in [5, 5.41) is 21.5. The van der Waals surface area contributed by atoms with Crippen molar-refractivity contribution in [2.24, 2.45) is 0 Å². The fourth-order valence-electron chi connectivity index (χ4n) is 3.22. The van der Waals surface area contributed by atoms with E-state index in [2.05, 4.69) is 5.32 Å². The van der Waals surface area contributed by atoms with Crippen molar-refractivity contribution in [1.82, 2.24) is 10.2 Å². The number of phenols is 1. The predicted molar refractivity (Wildman–Crippen MR) is 101 cm³/mol. The van der Waals surface area contributed by atoms with Gasteiger partial charge in [-0.2, -0.15) is 5.26 Å². The Kier molecular flexibility index (Phi) is 5.62. The third-order valence-electron chi connectivity index (χ3n) is 4.73. The van der Waals surface area contributed by atoms with E-state index in [1.807, 2.05) is 25.1 Å². The minimum Gasteiger partial charge on any atom is -0.508 e. The number of nitriles is 1. The number of hydrogen-bond acceptors (Lipinski definition) is 5. The Hall–Kier alpha value is -3.37. The largest absolute Gasteiger partial charge is 0.508 e. The normalized spacial score (nSPS) is 13.8. The first-order valence-electron chi connectivity index (χ1n) is 8.97. The van der Waals surface area contributed by atoms with Crippen LogP contribution in [-0.2, 0) is 22.6 Å². The molecule has 0 aliphatic carbocycles. The highest BCUT2D eigenvalue weighted by atomic mass is 16.5.